The van der Waals surface area contributed by atoms with Gasteiger partial charge in [-0.15, -0.1) is 0 Å². The van der Waals surface area contributed by atoms with E-state index in [0.717, 1.165) is 17.5 Å². The first-order chi connectivity index (χ1) is 13.9. The maximum absolute atomic E-state index is 12.9. The first kappa shape index (κ1) is 20.1. The van der Waals surface area contributed by atoms with Crippen molar-refractivity contribution in [3.8, 4) is 5.75 Å². The quantitative estimate of drug-likeness (QED) is 0.408. The van der Waals surface area contributed by atoms with Gasteiger partial charge < -0.3 is 26.2 Å². The third-order valence-electron chi connectivity index (χ3n) is 4.74. The zero-order valence-electron chi connectivity index (χ0n) is 16.3. The number of amides is 2. The largest absolute Gasteiger partial charge is 0.492 e. The Morgan fingerprint density at radius 2 is 2.03 bits per heavy atom. The smallest absolute Gasteiger partial charge is 0.255 e. The second-order valence-corrected chi connectivity index (χ2v) is 6.93. The standard InChI is InChI=1S/C21H23N5O3/c1-26(2)21(28)16-10-13(18(11-22)25-23)7-8-17(16)24-20(27)15-9-14-5-3-4-6-19(14)29-12-15/h3-8,10-11,15,22H,9,12,23H2,1-2H3,(H,24,27)/b22-11?,25-18+. The molecule has 0 aliphatic carbocycles. The molecular weight excluding hydrogens is 370 g/mol. The van der Waals surface area contributed by atoms with Crippen LogP contribution in [0.2, 0.25) is 0 Å². The Kier molecular flexibility index (Phi) is 5.92. The maximum atomic E-state index is 12.9. The van der Waals surface area contributed by atoms with Crippen molar-refractivity contribution in [3.05, 3.63) is 59.2 Å². The summed E-state index contributed by atoms with van der Waals surface area (Å²) in [6.45, 7) is 0.273. The molecule has 8 nitrogen and oxygen atoms in total. The number of anilines is 1. The van der Waals surface area contributed by atoms with E-state index < -0.39 is 0 Å². The van der Waals surface area contributed by atoms with Crippen LogP contribution in [0.1, 0.15) is 21.5 Å². The lowest BCUT2D eigenvalue weighted by molar-refractivity contribution is -0.121. The zero-order valence-corrected chi connectivity index (χ0v) is 16.3. The van der Waals surface area contributed by atoms with E-state index in [4.69, 9.17) is 16.0 Å². The van der Waals surface area contributed by atoms with E-state index in [1.165, 1.54) is 4.90 Å². The van der Waals surface area contributed by atoms with Crippen molar-refractivity contribution >= 4 is 29.4 Å². The van der Waals surface area contributed by atoms with Crippen LogP contribution in [0.5, 0.6) is 5.75 Å². The van der Waals surface area contributed by atoms with Crippen LogP contribution in [-0.2, 0) is 11.2 Å². The number of hydrogen-bond donors (Lipinski definition) is 3. The number of carbonyl (C=O) groups excluding carboxylic acids is 2. The van der Waals surface area contributed by atoms with Gasteiger partial charge in [0.1, 0.15) is 18.1 Å². The van der Waals surface area contributed by atoms with Crippen molar-refractivity contribution in [2.24, 2.45) is 16.9 Å². The van der Waals surface area contributed by atoms with Gasteiger partial charge in [-0.3, -0.25) is 9.59 Å². The molecule has 2 amide bonds. The number of hydrogen-bond acceptors (Lipinski definition) is 6. The van der Waals surface area contributed by atoms with Crippen molar-refractivity contribution in [2.75, 3.05) is 26.0 Å². The number of nitrogens with zero attached hydrogens (tertiary/aromatic N) is 2. The molecule has 1 aliphatic heterocycles. The lowest BCUT2D eigenvalue weighted by Gasteiger charge is -2.25. The molecule has 8 heteroatoms. The fraction of sp³-hybridized carbons (Fsp3) is 0.238. The molecule has 1 heterocycles. The number of ether oxygens (including phenoxy) is 1. The van der Waals surface area contributed by atoms with Gasteiger partial charge in [-0.2, -0.15) is 5.10 Å². The summed E-state index contributed by atoms with van der Waals surface area (Å²) in [7, 11) is 3.25. The third kappa shape index (κ3) is 4.26. The number of benzene rings is 2. The summed E-state index contributed by atoms with van der Waals surface area (Å²) in [6, 6.07) is 12.5. The minimum absolute atomic E-state index is 0.222. The van der Waals surface area contributed by atoms with Crippen LogP contribution in [0.3, 0.4) is 0 Å². The molecule has 29 heavy (non-hydrogen) atoms. The normalized spacial score (nSPS) is 15.7. The highest BCUT2D eigenvalue weighted by atomic mass is 16.5. The molecule has 0 saturated heterocycles. The molecule has 0 bridgehead atoms. The highest BCUT2D eigenvalue weighted by Gasteiger charge is 2.27. The van der Waals surface area contributed by atoms with Crippen molar-refractivity contribution < 1.29 is 14.3 Å². The predicted molar refractivity (Wildman–Crippen MR) is 112 cm³/mol. The number of nitrogens with two attached hydrogens (primary N) is 1. The number of nitrogens with one attached hydrogen (secondary N) is 2. The number of rotatable bonds is 5. The number of fused-ring (bicyclic) bond motifs is 1. The highest BCUT2D eigenvalue weighted by molar-refractivity contribution is 6.37. The predicted octanol–water partition coefficient (Wildman–Crippen LogP) is 1.89. The van der Waals surface area contributed by atoms with Gasteiger partial charge in [0.15, 0.2) is 0 Å². The van der Waals surface area contributed by atoms with Crippen LogP contribution >= 0.6 is 0 Å². The Morgan fingerprint density at radius 3 is 2.72 bits per heavy atom. The van der Waals surface area contributed by atoms with Crippen LogP contribution in [-0.4, -0.2) is 49.3 Å². The van der Waals surface area contributed by atoms with Gasteiger partial charge in [-0.1, -0.05) is 24.3 Å². The van der Waals surface area contributed by atoms with Gasteiger partial charge >= 0.3 is 0 Å². The first-order valence-electron chi connectivity index (χ1n) is 9.10. The van der Waals surface area contributed by atoms with E-state index >= 15 is 0 Å². The molecule has 0 aromatic heterocycles. The molecule has 4 N–H and O–H groups in total. The molecule has 1 aliphatic rings. The van der Waals surface area contributed by atoms with E-state index in [-0.39, 0.29) is 30.1 Å². The molecule has 1 unspecified atom stereocenters. The fourth-order valence-electron chi connectivity index (χ4n) is 3.16. The Labute approximate surface area is 168 Å². The number of hydrazone groups is 1. The summed E-state index contributed by atoms with van der Waals surface area (Å²) < 4.78 is 5.70. The van der Waals surface area contributed by atoms with E-state index in [1.807, 2.05) is 24.3 Å². The van der Waals surface area contributed by atoms with E-state index in [2.05, 4.69) is 10.4 Å². The molecule has 0 saturated carbocycles. The van der Waals surface area contributed by atoms with Crippen LogP contribution in [0, 0.1) is 11.3 Å². The molecule has 1 atom stereocenters. The molecule has 150 valence electrons. The molecule has 2 aromatic carbocycles. The summed E-state index contributed by atoms with van der Waals surface area (Å²) in [6.07, 6.45) is 1.57. The second-order valence-electron chi connectivity index (χ2n) is 6.93. The third-order valence-corrected chi connectivity index (χ3v) is 4.74. The molecule has 0 spiro atoms. The lowest BCUT2D eigenvalue weighted by Crippen LogP contribution is -2.33. The summed E-state index contributed by atoms with van der Waals surface area (Å²) in [5.41, 5.74) is 2.40. The molecular formula is C21H23N5O3. The lowest BCUT2D eigenvalue weighted by atomic mass is 9.95. The van der Waals surface area contributed by atoms with E-state index in [1.54, 1.807) is 32.3 Å². The van der Waals surface area contributed by atoms with E-state index in [0.29, 0.717) is 23.2 Å². The molecule has 3 rings (SSSR count). The Hall–Kier alpha value is -3.68. The molecule has 0 radical (unpaired) electrons. The minimum atomic E-state index is -0.366. The van der Waals surface area contributed by atoms with Gasteiger partial charge in [0.25, 0.3) is 5.91 Å². The van der Waals surface area contributed by atoms with Crippen LogP contribution in [0.25, 0.3) is 0 Å². The van der Waals surface area contributed by atoms with Gasteiger partial charge in [0, 0.05) is 25.9 Å². The molecule has 0 fully saturated rings. The average Bonchev–Trinajstić information content (AvgIpc) is 2.74. The van der Waals surface area contributed by atoms with Crippen molar-refractivity contribution in [2.45, 2.75) is 6.42 Å². The van der Waals surface area contributed by atoms with Gasteiger partial charge in [0.05, 0.1) is 17.2 Å². The van der Waals surface area contributed by atoms with Crippen molar-refractivity contribution in [3.63, 3.8) is 0 Å². The molecule has 2 aromatic rings. The highest BCUT2D eigenvalue weighted by Crippen LogP contribution is 2.28. The number of carbonyl (C=O) groups is 2. The van der Waals surface area contributed by atoms with Crippen LogP contribution in [0.15, 0.2) is 47.6 Å². The summed E-state index contributed by atoms with van der Waals surface area (Å²) in [4.78, 5) is 26.9. The summed E-state index contributed by atoms with van der Waals surface area (Å²) in [5, 5.41) is 13.8. The Morgan fingerprint density at radius 1 is 1.28 bits per heavy atom. The maximum Gasteiger partial charge on any atom is 0.255 e. The Balaban J connectivity index is 1.87. The first-order valence-corrected chi connectivity index (χ1v) is 9.10. The van der Waals surface area contributed by atoms with Crippen LogP contribution in [0.4, 0.5) is 5.69 Å². The second kappa shape index (κ2) is 8.55. The summed E-state index contributed by atoms with van der Waals surface area (Å²) >= 11 is 0. The van der Waals surface area contributed by atoms with Crippen LogP contribution < -0.4 is 15.9 Å². The minimum Gasteiger partial charge on any atom is -0.492 e. The Bertz CT molecular complexity index is 984. The topological polar surface area (TPSA) is 121 Å². The van der Waals surface area contributed by atoms with Crippen molar-refractivity contribution in [1.29, 1.82) is 5.41 Å². The monoisotopic (exact) mass is 393 g/mol. The SMILES string of the molecule is CN(C)C(=O)c1cc(/C(C=N)=N/N)ccc1NC(=O)C1COc2ccccc2C1. The van der Waals surface area contributed by atoms with E-state index in [9.17, 15) is 9.59 Å². The van der Waals surface area contributed by atoms with Gasteiger partial charge in [-0.25, -0.2) is 0 Å². The zero-order chi connectivity index (χ0) is 21.0. The fourth-order valence-corrected chi connectivity index (χ4v) is 3.16. The summed E-state index contributed by atoms with van der Waals surface area (Å²) in [5.74, 6) is 5.24. The average molecular weight is 393 g/mol. The number of para-hydroxylation sites is 1. The van der Waals surface area contributed by atoms with Gasteiger partial charge in [0.2, 0.25) is 5.91 Å². The van der Waals surface area contributed by atoms with Crippen molar-refractivity contribution in [1.82, 2.24) is 4.90 Å². The van der Waals surface area contributed by atoms with Gasteiger partial charge in [-0.05, 0) is 30.2 Å².